The average Bonchev–Trinajstić information content (AvgIpc) is 2.88. The van der Waals surface area contributed by atoms with Crippen molar-refractivity contribution in [3.63, 3.8) is 0 Å². The van der Waals surface area contributed by atoms with Gasteiger partial charge in [0, 0.05) is 12.6 Å². The molecule has 1 atom stereocenters. The Bertz CT molecular complexity index is 474. The van der Waals surface area contributed by atoms with Gasteiger partial charge < -0.3 is 20.0 Å². The molecule has 0 aliphatic rings. The lowest BCUT2D eigenvalue weighted by atomic mass is 10.2. The highest BCUT2D eigenvalue weighted by Crippen LogP contribution is 2.09. The van der Waals surface area contributed by atoms with Gasteiger partial charge in [-0.2, -0.15) is 0 Å². The van der Waals surface area contributed by atoms with Crippen LogP contribution in [0.4, 0.5) is 0 Å². The first-order valence-corrected chi connectivity index (χ1v) is 9.20. The Morgan fingerprint density at radius 3 is 2.50 bits per heavy atom. The first-order valence-electron chi connectivity index (χ1n) is 9.20. The van der Waals surface area contributed by atoms with E-state index >= 15 is 0 Å². The predicted molar refractivity (Wildman–Crippen MR) is 100 cm³/mol. The predicted octanol–water partition coefficient (Wildman–Crippen LogP) is 2.86. The molecule has 0 amide bonds. The average molecular weight is 338 g/mol. The molecule has 0 bridgehead atoms. The molecule has 138 valence electrons. The summed E-state index contributed by atoms with van der Waals surface area (Å²) in [6.45, 7) is 17.3. The van der Waals surface area contributed by atoms with Gasteiger partial charge in [0.2, 0.25) is 5.89 Å². The molecule has 0 radical (unpaired) electrons. The zero-order chi connectivity index (χ0) is 17.9. The molecule has 0 aliphatic carbocycles. The number of rotatable bonds is 10. The maximum atomic E-state index is 5.58. The van der Waals surface area contributed by atoms with Gasteiger partial charge in [0.25, 0.3) is 0 Å². The van der Waals surface area contributed by atoms with Crippen LogP contribution in [-0.4, -0.2) is 48.1 Å². The minimum absolute atomic E-state index is 0.381. The van der Waals surface area contributed by atoms with Crippen molar-refractivity contribution in [2.24, 2.45) is 4.99 Å². The van der Waals surface area contributed by atoms with Crippen LogP contribution in [0.5, 0.6) is 0 Å². The Morgan fingerprint density at radius 2 is 1.96 bits per heavy atom. The van der Waals surface area contributed by atoms with E-state index in [0.717, 1.165) is 50.0 Å². The van der Waals surface area contributed by atoms with Crippen molar-refractivity contribution in [3.8, 4) is 0 Å². The molecule has 24 heavy (non-hydrogen) atoms. The first-order chi connectivity index (χ1) is 11.5. The summed E-state index contributed by atoms with van der Waals surface area (Å²) < 4.78 is 5.58. The molecule has 1 aromatic rings. The lowest BCUT2D eigenvalue weighted by molar-refractivity contribution is 0.292. The Labute approximate surface area is 147 Å². The van der Waals surface area contributed by atoms with Crippen molar-refractivity contribution in [1.82, 2.24) is 20.5 Å². The largest absolute Gasteiger partial charge is 0.444 e. The van der Waals surface area contributed by atoms with Gasteiger partial charge >= 0.3 is 0 Å². The summed E-state index contributed by atoms with van der Waals surface area (Å²) in [5.74, 6) is 2.35. The van der Waals surface area contributed by atoms with Crippen molar-refractivity contribution in [3.05, 3.63) is 17.3 Å². The summed E-state index contributed by atoms with van der Waals surface area (Å²) in [7, 11) is 0. The van der Waals surface area contributed by atoms with Gasteiger partial charge in [0.1, 0.15) is 12.3 Å². The molecule has 1 rings (SSSR count). The number of nitrogens with one attached hydrogen (secondary N) is 2. The summed E-state index contributed by atoms with van der Waals surface area (Å²) in [6.07, 6.45) is 2.31. The van der Waals surface area contributed by atoms with Crippen LogP contribution in [0.2, 0.25) is 0 Å². The van der Waals surface area contributed by atoms with E-state index in [1.807, 2.05) is 13.8 Å². The number of oxazole rings is 1. The maximum Gasteiger partial charge on any atom is 0.216 e. The van der Waals surface area contributed by atoms with Crippen LogP contribution >= 0.6 is 0 Å². The lowest BCUT2D eigenvalue weighted by Crippen LogP contribution is -2.42. The molecule has 0 aromatic carbocycles. The number of hydrogen-bond donors (Lipinski definition) is 2. The summed E-state index contributed by atoms with van der Waals surface area (Å²) in [4.78, 5) is 11.4. The number of aliphatic imine (C=N–C) groups is 1. The smallest absolute Gasteiger partial charge is 0.216 e. The van der Waals surface area contributed by atoms with Crippen molar-refractivity contribution in [1.29, 1.82) is 0 Å². The molecule has 0 saturated heterocycles. The molecule has 1 heterocycles. The quantitative estimate of drug-likeness (QED) is 0.508. The molecule has 2 N–H and O–H groups in total. The second-order valence-electron chi connectivity index (χ2n) is 6.16. The van der Waals surface area contributed by atoms with Gasteiger partial charge in [-0.05, 0) is 60.2 Å². The Hall–Kier alpha value is -1.56. The number of aryl methyl sites for hydroxylation is 2. The fourth-order valence-corrected chi connectivity index (χ4v) is 2.54. The van der Waals surface area contributed by atoms with Crippen molar-refractivity contribution in [2.45, 2.75) is 67.0 Å². The third-order valence-corrected chi connectivity index (χ3v) is 4.18. The van der Waals surface area contributed by atoms with Crippen LogP contribution in [-0.2, 0) is 6.54 Å². The van der Waals surface area contributed by atoms with Gasteiger partial charge in [-0.3, -0.25) is 0 Å². The molecule has 0 saturated carbocycles. The molecular formula is C18H35N5O. The van der Waals surface area contributed by atoms with E-state index in [0.29, 0.717) is 18.5 Å². The lowest BCUT2D eigenvalue weighted by Gasteiger charge is -2.21. The third-order valence-electron chi connectivity index (χ3n) is 4.18. The van der Waals surface area contributed by atoms with Crippen LogP contribution in [0.25, 0.3) is 0 Å². The van der Waals surface area contributed by atoms with Crippen molar-refractivity contribution in [2.75, 3.05) is 26.2 Å². The van der Waals surface area contributed by atoms with E-state index in [9.17, 15) is 0 Å². The summed E-state index contributed by atoms with van der Waals surface area (Å²) in [5.41, 5.74) is 0.933. The standard InChI is InChI=1S/C18H35N5O/c1-7-19-18(20-13-17-22-15(5)16(6)24-17)21-14(4)11-10-12-23(8-2)9-3/h14H,7-13H2,1-6H3,(H2,19,20,21). The molecule has 0 fully saturated rings. The molecule has 1 unspecified atom stereocenters. The highest BCUT2D eigenvalue weighted by atomic mass is 16.4. The molecular weight excluding hydrogens is 302 g/mol. The molecule has 0 aliphatic heterocycles. The van der Waals surface area contributed by atoms with Gasteiger partial charge in [-0.1, -0.05) is 13.8 Å². The first kappa shape index (κ1) is 20.5. The summed E-state index contributed by atoms with van der Waals surface area (Å²) >= 11 is 0. The summed E-state index contributed by atoms with van der Waals surface area (Å²) in [5, 5.41) is 6.76. The van der Waals surface area contributed by atoms with Crippen LogP contribution in [0.15, 0.2) is 9.41 Å². The fraction of sp³-hybridized carbons (Fsp3) is 0.778. The molecule has 6 heteroatoms. The SMILES string of the molecule is CCNC(=NCc1nc(C)c(C)o1)NC(C)CCCN(CC)CC. The van der Waals surface area contributed by atoms with E-state index < -0.39 is 0 Å². The Morgan fingerprint density at radius 1 is 1.25 bits per heavy atom. The second kappa shape index (κ2) is 11.1. The Balaban J connectivity index is 2.47. The Kier molecular flexibility index (Phi) is 9.45. The van der Waals surface area contributed by atoms with Gasteiger partial charge in [-0.15, -0.1) is 0 Å². The van der Waals surface area contributed by atoms with Crippen LogP contribution in [0.1, 0.15) is 57.9 Å². The highest BCUT2D eigenvalue weighted by Gasteiger charge is 2.08. The molecule has 1 aromatic heterocycles. The zero-order valence-electron chi connectivity index (χ0n) is 16.3. The van der Waals surface area contributed by atoms with E-state index in [1.165, 1.54) is 6.42 Å². The maximum absolute atomic E-state index is 5.58. The van der Waals surface area contributed by atoms with E-state index in [4.69, 9.17) is 4.42 Å². The number of guanidine groups is 1. The van der Waals surface area contributed by atoms with Crippen molar-refractivity contribution >= 4 is 5.96 Å². The zero-order valence-corrected chi connectivity index (χ0v) is 16.3. The van der Waals surface area contributed by atoms with Crippen LogP contribution < -0.4 is 10.6 Å². The number of hydrogen-bond acceptors (Lipinski definition) is 4. The number of aromatic nitrogens is 1. The minimum atomic E-state index is 0.381. The molecule has 0 spiro atoms. The summed E-state index contributed by atoms with van der Waals surface area (Å²) in [6, 6.07) is 0.381. The third kappa shape index (κ3) is 7.34. The van der Waals surface area contributed by atoms with Crippen molar-refractivity contribution < 1.29 is 4.42 Å². The van der Waals surface area contributed by atoms with Crippen LogP contribution in [0.3, 0.4) is 0 Å². The normalized spacial score (nSPS) is 13.4. The minimum Gasteiger partial charge on any atom is -0.444 e. The second-order valence-corrected chi connectivity index (χ2v) is 6.16. The van der Waals surface area contributed by atoms with E-state index in [-0.39, 0.29) is 0 Å². The number of nitrogens with zero attached hydrogens (tertiary/aromatic N) is 3. The van der Waals surface area contributed by atoms with Gasteiger partial charge in [0.05, 0.1) is 5.69 Å². The monoisotopic (exact) mass is 337 g/mol. The topological polar surface area (TPSA) is 65.7 Å². The highest BCUT2D eigenvalue weighted by molar-refractivity contribution is 5.79. The van der Waals surface area contributed by atoms with Gasteiger partial charge in [0.15, 0.2) is 5.96 Å². The molecule has 6 nitrogen and oxygen atoms in total. The van der Waals surface area contributed by atoms with E-state index in [2.05, 4.69) is 53.2 Å². The fourth-order valence-electron chi connectivity index (χ4n) is 2.54. The van der Waals surface area contributed by atoms with Crippen LogP contribution in [0, 0.1) is 13.8 Å². The van der Waals surface area contributed by atoms with Gasteiger partial charge in [-0.25, -0.2) is 9.98 Å². The van der Waals surface area contributed by atoms with E-state index in [1.54, 1.807) is 0 Å².